The molecule has 32 heavy (non-hydrogen) atoms. The Morgan fingerprint density at radius 1 is 1.03 bits per heavy atom. The van der Waals surface area contributed by atoms with E-state index in [9.17, 15) is 13.6 Å². The van der Waals surface area contributed by atoms with Crippen molar-refractivity contribution < 1.29 is 23.0 Å². The van der Waals surface area contributed by atoms with Crippen LogP contribution >= 0.6 is 11.3 Å². The Balaban J connectivity index is 1.45. The Labute approximate surface area is 187 Å². The molecular formula is C24H18F2N2O3S. The number of amides is 1. The van der Waals surface area contributed by atoms with E-state index in [2.05, 4.69) is 10.3 Å². The predicted molar refractivity (Wildman–Crippen MR) is 119 cm³/mol. The number of carbonyl (C=O) groups is 1. The summed E-state index contributed by atoms with van der Waals surface area (Å²) in [6.07, 6.45) is 0. The van der Waals surface area contributed by atoms with Crippen molar-refractivity contribution in [3.63, 3.8) is 0 Å². The lowest BCUT2D eigenvalue weighted by molar-refractivity contribution is 0.102. The summed E-state index contributed by atoms with van der Waals surface area (Å²) in [6.45, 7) is -0.0400. The van der Waals surface area contributed by atoms with Crippen LogP contribution in [-0.4, -0.2) is 18.0 Å². The topological polar surface area (TPSA) is 60.5 Å². The van der Waals surface area contributed by atoms with Gasteiger partial charge in [-0.3, -0.25) is 4.79 Å². The van der Waals surface area contributed by atoms with Gasteiger partial charge in [-0.2, -0.15) is 0 Å². The molecule has 162 valence electrons. The molecule has 8 heteroatoms. The second-order valence-electron chi connectivity index (χ2n) is 6.78. The third kappa shape index (κ3) is 5.09. The number of hydrogen-bond donors (Lipinski definition) is 1. The van der Waals surface area contributed by atoms with Gasteiger partial charge < -0.3 is 14.8 Å². The number of nitrogens with zero attached hydrogens (tertiary/aromatic N) is 1. The standard InChI is InChI=1S/C24H18F2N2O3S/c1-30-19-6-3-5-18(12-19)27-23(29)22-14-32-24(28-22)15-4-2-7-20(10-15)31-13-16-8-9-17(25)11-21(16)26/h2-12,14H,13H2,1H3,(H,27,29). The Bertz CT molecular complexity index is 1260. The summed E-state index contributed by atoms with van der Waals surface area (Å²) in [5.74, 6) is -0.487. The predicted octanol–water partition coefficient (Wildman–Crippen LogP) is 5.93. The molecule has 0 saturated heterocycles. The highest BCUT2D eigenvalue weighted by molar-refractivity contribution is 7.13. The van der Waals surface area contributed by atoms with E-state index in [1.54, 1.807) is 55.0 Å². The number of benzene rings is 3. The molecule has 0 aliphatic carbocycles. The molecular weight excluding hydrogens is 434 g/mol. The molecule has 0 aliphatic rings. The van der Waals surface area contributed by atoms with Crippen LogP contribution < -0.4 is 14.8 Å². The van der Waals surface area contributed by atoms with E-state index in [0.29, 0.717) is 22.2 Å². The van der Waals surface area contributed by atoms with Gasteiger partial charge in [-0.25, -0.2) is 13.8 Å². The number of methoxy groups -OCH3 is 1. The molecule has 1 amide bonds. The van der Waals surface area contributed by atoms with Gasteiger partial charge in [0.05, 0.1) is 7.11 Å². The van der Waals surface area contributed by atoms with Crippen LogP contribution in [0.2, 0.25) is 0 Å². The molecule has 1 aromatic heterocycles. The summed E-state index contributed by atoms with van der Waals surface area (Å²) in [7, 11) is 1.56. The first-order valence-electron chi connectivity index (χ1n) is 9.60. The zero-order valence-electron chi connectivity index (χ0n) is 17.0. The zero-order chi connectivity index (χ0) is 22.5. The number of thiazole rings is 1. The summed E-state index contributed by atoms with van der Waals surface area (Å²) in [5, 5.41) is 5.11. The molecule has 3 aromatic carbocycles. The number of carbonyl (C=O) groups excluding carboxylic acids is 1. The highest BCUT2D eigenvalue weighted by Gasteiger charge is 2.13. The highest BCUT2D eigenvalue weighted by atomic mass is 32.1. The Kier molecular flexibility index (Phi) is 6.42. The normalized spacial score (nSPS) is 10.6. The van der Waals surface area contributed by atoms with Crippen molar-refractivity contribution in [1.82, 2.24) is 4.98 Å². The summed E-state index contributed by atoms with van der Waals surface area (Å²) in [5.41, 5.74) is 1.90. The van der Waals surface area contributed by atoms with E-state index in [-0.39, 0.29) is 23.8 Å². The van der Waals surface area contributed by atoms with E-state index in [0.717, 1.165) is 11.6 Å². The molecule has 1 N–H and O–H groups in total. The second-order valence-corrected chi connectivity index (χ2v) is 7.63. The van der Waals surface area contributed by atoms with Gasteiger partial charge in [0.1, 0.15) is 40.4 Å². The van der Waals surface area contributed by atoms with Crippen LogP contribution in [0.1, 0.15) is 16.1 Å². The van der Waals surface area contributed by atoms with Crippen LogP contribution in [0, 0.1) is 11.6 Å². The van der Waals surface area contributed by atoms with Gasteiger partial charge in [-0.15, -0.1) is 11.3 Å². The number of aromatic nitrogens is 1. The minimum Gasteiger partial charge on any atom is -0.497 e. The van der Waals surface area contributed by atoms with Crippen molar-refractivity contribution in [1.29, 1.82) is 0 Å². The Morgan fingerprint density at radius 3 is 2.66 bits per heavy atom. The average Bonchev–Trinajstić information content (AvgIpc) is 3.29. The first-order valence-corrected chi connectivity index (χ1v) is 10.5. The van der Waals surface area contributed by atoms with Crippen LogP contribution in [0.25, 0.3) is 10.6 Å². The number of ether oxygens (including phenoxy) is 2. The van der Waals surface area contributed by atoms with Gasteiger partial charge in [0, 0.05) is 34.3 Å². The highest BCUT2D eigenvalue weighted by Crippen LogP contribution is 2.28. The summed E-state index contributed by atoms with van der Waals surface area (Å²) in [6, 6.07) is 17.5. The first kappa shape index (κ1) is 21.5. The smallest absolute Gasteiger partial charge is 0.275 e. The van der Waals surface area contributed by atoms with Crippen LogP contribution in [0.4, 0.5) is 14.5 Å². The van der Waals surface area contributed by atoms with Gasteiger partial charge in [0.25, 0.3) is 5.91 Å². The maximum absolute atomic E-state index is 13.8. The zero-order valence-corrected chi connectivity index (χ0v) is 17.8. The SMILES string of the molecule is COc1cccc(NC(=O)c2csc(-c3cccc(OCc4ccc(F)cc4F)c3)n2)c1. The van der Waals surface area contributed by atoms with Gasteiger partial charge in [-0.1, -0.05) is 18.2 Å². The molecule has 5 nitrogen and oxygen atoms in total. The Hall–Kier alpha value is -3.78. The van der Waals surface area contributed by atoms with Gasteiger partial charge in [0.2, 0.25) is 0 Å². The quantitative estimate of drug-likeness (QED) is 0.378. The summed E-state index contributed by atoms with van der Waals surface area (Å²) in [4.78, 5) is 17.0. The van der Waals surface area contributed by atoms with Crippen molar-refractivity contribution in [2.45, 2.75) is 6.61 Å². The van der Waals surface area contributed by atoms with Gasteiger partial charge in [0.15, 0.2) is 0 Å². The van der Waals surface area contributed by atoms with E-state index < -0.39 is 11.6 Å². The maximum Gasteiger partial charge on any atom is 0.275 e. The molecule has 0 saturated carbocycles. The number of halogens is 2. The molecule has 0 fully saturated rings. The molecule has 4 aromatic rings. The Morgan fingerprint density at radius 2 is 1.84 bits per heavy atom. The number of anilines is 1. The van der Waals surface area contributed by atoms with E-state index in [1.807, 2.05) is 6.07 Å². The summed E-state index contributed by atoms with van der Waals surface area (Å²) < 4.78 is 37.7. The molecule has 0 atom stereocenters. The third-order valence-electron chi connectivity index (χ3n) is 4.55. The fourth-order valence-corrected chi connectivity index (χ4v) is 3.72. The summed E-state index contributed by atoms with van der Waals surface area (Å²) >= 11 is 1.32. The van der Waals surface area contributed by atoms with Crippen molar-refractivity contribution in [2.75, 3.05) is 12.4 Å². The van der Waals surface area contributed by atoms with E-state index >= 15 is 0 Å². The van der Waals surface area contributed by atoms with Crippen molar-refractivity contribution >= 4 is 22.9 Å². The lowest BCUT2D eigenvalue weighted by Gasteiger charge is -2.08. The first-order chi connectivity index (χ1) is 15.5. The van der Waals surface area contributed by atoms with E-state index in [1.165, 1.54) is 23.5 Å². The number of nitrogens with one attached hydrogen (secondary N) is 1. The van der Waals surface area contributed by atoms with Crippen LogP contribution in [0.15, 0.2) is 72.1 Å². The number of rotatable bonds is 7. The van der Waals surface area contributed by atoms with Crippen LogP contribution in [0.5, 0.6) is 11.5 Å². The van der Waals surface area contributed by atoms with Crippen molar-refractivity contribution in [2.24, 2.45) is 0 Å². The fraction of sp³-hybridized carbons (Fsp3) is 0.0833. The van der Waals surface area contributed by atoms with Crippen molar-refractivity contribution in [3.05, 3.63) is 95.0 Å². The van der Waals surface area contributed by atoms with Crippen molar-refractivity contribution in [3.8, 4) is 22.1 Å². The monoisotopic (exact) mass is 452 g/mol. The molecule has 1 heterocycles. The molecule has 0 unspecified atom stereocenters. The van der Waals surface area contributed by atoms with Gasteiger partial charge >= 0.3 is 0 Å². The lowest BCUT2D eigenvalue weighted by atomic mass is 10.2. The minimum absolute atomic E-state index is 0.0400. The number of hydrogen-bond acceptors (Lipinski definition) is 5. The minimum atomic E-state index is -0.659. The van der Waals surface area contributed by atoms with Crippen LogP contribution in [0.3, 0.4) is 0 Å². The fourth-order valence-electron chi connectivity index (χ4n) is 2.93. The molecule has 0 bridgehead atoms. The largest absolute Gasteiger partial charge is 0.497 e. The average molecular weight is 452 g/mol. The van der Waals surface area contributed by atoms with E-state index in [4.69, 9.17) is 9.47 Å². The molecule has 0 aliphatic heterocycles. The van der Waals surface area contributed by atoms with Crippen LogP contribution in [-0.2, 0) is 6.61 Å². The lowest BCUT2D eigenvalue weighted by Crippen LogP contribution is -2.12. The molecule has 0 radical (unpaired) electrons. The molecule has 4 rings (SSSR count). The van der Waals surface area contributed by atoms with Gasteiger partial charge in [-0.05, 0) is 36.4 Å². The maximum atomic E-state index is 13.8. The third-order valence-corrected chi connectivity index (χ3v) is 5.45. The second kappa shape index (κ2) is 9.57. The molecule has 0 spiro atoms.